The van der Waals surface area contributed by atoms with Gasteiger partial charge in [-0.1, -0.05) is 25.5 Å². The first-order valence-corrected chi connectivity index (χ1v) is 12.0. The second kappa shape index (κ2) is 7.71. The Labute approximate surface area is 173 Å². The predicted octanol–water partition coefficient (Wildman–Crippen LogP) is 4.56. The molecule has 0 saturated heterocycles. The molecule has 0 spiro atoms. The number of allylic oxidation sites excluding steroid dienone is 1. The number of nitrogens with zero attached hydrogens (tertiary/aromatic N) is 2. The first-order valence-electron chi connectivity index (χ1n) is 12.0. The first-order chi connectivity index (χ1) is 13.3. The van der Waals surface area contributed by atoms with Gasteiger partial charge in [0.25, 0.3) is 0 Å². The lowest BCUT2D eigenvalue weighted by Crippen LogP contribution is -2.53. The summed E-state index contributed by atoms with van der Waals surface area (Å²) in [5.74, 6) is 2.63. The van der Waals surface area contributed by atoms with Crippen LogP contribution in [0.25, 0.3) is 0 Å². The van der Waals surface area contributed by atoms with Crippen molar-refractivity contribution in [2.45, 2.75) is 83.8 Å². The molecule has 0 radical (unpaired) electrons. The Kier molecular flexibility index (Phi) is 5.74. The molecule has 4 aliphatic rings. The van der Waals surface area contributed by atoms with Gasteiger partial charge < -0.3 is 14.9 Å². The summed E-state index contributed by atoms with van der Waals surface area (Å²) in [6, 6.07) is 0.770. The summed E-state index contributed by atoms with van der Waals surface area (Å²) in [7, 11) is 6.76. The monoisotopic (exact) mass is 388 g/mol. The molecular weight excluding hydrogens is 344 g/mol. The topological polar surface area (TPSA) is 26.7 Å². The standard InChI is InChI=1S/C25H44N2O/c1-24-13-11-19(28)17-18(24)7-8-20-21-9-10-23(25(21,2)14-12-22(20)24)27(5)16-6-15-26(3)4/h7,19-23,28H,6,8-17H2,1-5H3/t19?,20?,21?,22?,23?,24-,25-/m0/s1. The van der Waals surface area contributed by atoms with Gasteiger partial charge in [-0.2, -0.15) is 0 Å². The number of fused-ring (bicyclic) bond motifs is 5. The van der Waals surface area contributed by atoms with Crippen molar-refractivity contribution < 1.29 is 5.11 Å². The molecule has 7 atom stereocenters. The minimum Gasteiger partial charge on any atom is -0.393 e. The largest absolute Gasteiger partial charge is 0.393 e. The molecule has 3 saturated carbocycles. The Morgan fingerprint density at radius 3 is 2.54 bits per heavy atom. The molecule has 3 nitrogen and oxygen atoms in total. The average molecular weight is 389 g/mol. The maximum Gasteiger partial charge on any atom is 0.0577 e. The van der Waals surface area contributed by atoms with E-state index in [9.17, 15) is 5.11 Å². The van der Waals surface area contributed by atoms with Crippen LogP contribution >= 0.6 is 0 Å². The van der Waals surface area contributed by atoms with Crippen LogP contribution in [-0.4, -0.2) is 61.3 Å². The molecule has 3 fully saturated rings. The van der Waals surface area contributed by atoms with Crippen molar-refractivity contribution in [3.8, 4) is 0 Å². The van der Waals surface area contributed by atoms with Crippen molar-refractivity contribution in [3.63, 3.8) is 0 Å². The van der Waals surface area contributed by atoms with E-state index >= 15 is 0 Å². The van der Waals surface area contributed by atoms with Gasteiger partial charge in [-0.3, -0.25) is 0 Å². The molecule has 0 amide bonds. The van der Waals surface area contributed by atoms with Crippen LogP contribution in [0.1, 0.15) is 71.6 Å². The number of aliphatic hydroxyl groups excluding tert-OH is 1. The molecule has 5 unspecified atom stereocenters. The fraction of sp³-hybridized carbons (Fsp3) is 0.920. The van der Waals surface area contributed by atoms with E-state index in [1.54, 1.807) is 5.57 Å². The molecule has 0 aromatic heterocycles. The molecule has 1 N–H and O–H groups in total. The fourth-order valence-corrected chi connectivity index (χ4v) is 8.13. The van der Waals surface area contributed by atoms with Crippen molar-refractivity contribution >= 4 is 0 Å². The van der Waals surface area contributed by atoms with Crippen LogP contribution in [0, 0.1) is 28.6 Å². The van der Waals surface area contributed by atoms with Gasteiger partial charge in [-0.15, -0.1) is 0 Å². The van der Waals surface area contributed by atoms with Crippen LogP contribution in [-0.2, 0) is 0 Å². The van der Waals surface area contributed by atoms with Crippen LogP contribution in [0.4, 0.5) is 0 Å². The van der Waals surface area contributed by atoms with Crippen molar-refractivity contribution in [1.82, 2.24) is 9.80 Å². The third-order valence-corrected chi connectivity index (χ3v) is 9.68. The minimum absolute atomic E-state index is 0.0867. The van der Waals surface area contributed by atoms with Gasteiger partial charge >= 0.3 is 0 Å². The summed E-state index contributed by atoms with van der Waals surface area (Å²) in [5, 5.41) is 10.2. The van der Waals surface area contributed by atoms with Gasteiger partial charge in [0, 0.05) is 6.04 Å². The van der Waals surface area contributed by atoms with E-state index in [4.69, 9.17) is 0 Å². The zero-order valence-electron chi connectivity index (χ0n) is 19.1. The summed E-state index contributed by atoms with van der Waals surface area (Å²) in [4.78, 5) is 5.03. The van der Waals surface area contributed by atoms with Crippen LogP contribution < -0.4 is 0 Å². The molecule has 0 aromatic carbocycles. The van der Waals surface area contributed by atoms with Crippen LogP contribution in [0.15, 0.2) is 11.6 Å². The molecule has 3 heteroatoms. The number of hydrogen-bond acceptors (Lipinski definition) is 3. The molecule has 28 heavy (non-hydrogen) atoms. The highest BCUT2D eigenvalue weighted by molar-refractivity contribution is 5.25. The molecular formula is C25H44N2O. The Morgan fingerprint density at radius 1 is 1.00 bits per heavy atom. The molecule has 0 aromatic rings. The Bertz CT molecular complexity index is 601. The quantitative estimate of drug-likeness (QED) is 0.699. The van der Waals surface area contributed by atoms with E-state index in [0.717, 1.165) is 36.6 Å². The number of rotatable bonds is 5. The molecule has 4 rings (SSSR count). The summed E-state index contributed by atoms with van der Waals surface area (Å²) in [6.07, 6.45) is 13.8. The average Bonchev–Trinajstić information content (AvgIpc) is 2.99. The van der Waals surface area contributed by atoms with Gasteiger partial charge in [-0.05, 0) is 121 Å². The van der Waals surface area contributed by atoms with Gasteiger partial charge in [-0.25, -0.2) is 0 Å². The Hall–Kier alpha value is -0.380. The van der Waals surface area contributed by atoms with E-state index in [-0.39, 0.29) is 6.10 Å². The normalized spacial score (nSPS) is 45.6. The Balaban J connectivity index is 1.49. The fourth-order valence-electron chi connectivity index (χ4n) is 8.13. The number of hydrogen-bond donors (Lipinski definition) is 1. The summed E-state index contributed by atoms with van der Waals surface area (Å²) in [6.45, 7) is 7.61. The second-order valence-electron chi connectivity index (χ2n) is 11.4. The van der Waals surface area contributed by atoms with Crippen LogP contribution in [0.5, 0.6) is 0 Å². The van der Waals surface area contributed by atoms with E-state index in [2.05, 4.69) is 50.9 Å². The smallest absolute Gasteiger partial charge is 0.0577 e. The highest BCUT2D eigenvalue weighted by atomic mass is 16.3. The molecule has 0 bridgehead atoms. The zero-order valence-corrected chi connectivity index (χ0v) is 19.1. The summed E-state index contributed by atoms with van der Waals surface area (Å²) in [5.41, 5.74) is 2.48. The summed E-state index contributed by atoms with van der Waals surface area (Å²) < 4.78 is 0. The third-order valence-electron chi connectivity index (χ3n) is 9.68. The van der Waals surface area contributed by atoms with E-state index < -0.39 is 0 Å². The van der Waals surface area contributed by atoms with Gasteiger partial charge in [0.05, 0.1) is 6.10 Å². The highest BCUT2D eigenvalue weighted by Gasteiger charge is 2.59. The van der Waals surface area contributed by atoms with Gasteiger partial charge in [0.15, 0.2) is 0 Å². The lowest BCUT2D eigenvalue weighted by molar-refractivity contribution is -0.0565. The molecule has 0 aliphatic heterocycles. The molecule has 160 valence electrons. The van der Waals surface area contributed by atoms with Gasteiger partial charge in [0.1, 0.15) is 0 Å². The summed E-state index contributed by atoms with van der Waals surface area (Å²) >= 11 is 0. The lowest BCUT2D eigenvalue weighted by atomic mass is 9.48. The van der Waals surface area contributed by atoms with Gasteiger partial charge in [0.2, 0.25) is 0 Å². The van der Waals surface area contributed by atoms with Crippen molar-refractivity contribution in [2.75, 3.05) is 34.2 Å². The second-order valence-corrected chi connectivity index (χ2v) is 11.4. The predicted molar refractivity (Wildman–Crippen MR) is 117 cm³/mol. The minimum atomic E-state index is -0.0867. The maximum atomic E-state index is 10.2. The molecule has 0 heterocycles. The number of aliphatic hydroxyl groups is 1. The molecule has 4 aliphatic carbocycles. The zero-order chi connectivity index (χ0) is 20.1. The highest BCUT2D eigenvalue weighted by Crippen LogP contribution is 2.65. The lowest BCUT2D eigenvalue weighted by Gasteiger charge is -2.58. The van der Waals surface area contributed by atoms with E-state index in [0.29, 0.717) is 10.8 Å². The Morgan fingerprint density at radius 2 is 1.79 bits per heavy atom. The SMILES string of the molecule is CN(C)CCCN(C)C1CCC2C3CC=C4CC(O)CC[C@]4(C)C3CC[C@@]21C. The first kappa shape index (κ1) is 20.9. The van der Waals surface area contributed by atoms with Crippen molar-refractivity contribution in [2.24, 2.45) is 28.6 Å². The third kappa shape index (κ3) is 3.40. The van der Waals surface area contributed by atoms with Crippen LogP contribution in [0.2, 0.25) is 0 Å². The maximum absolute atomic E-state index is 10.2. The van der Waals surface area contributed by atoms with E-state index in [1.807, 2.05) is 0 Å². The van der Waals surface area contributed by atoms with Crippen molar-refractivity contribution in [1.29, 1.82) is 0 Å². The van der Waals surface area contributed by atoms with E-state index in [1.165, 1.54) is 58.0 Å². The van der Waals surface area contributed by atoms with Crippen LogP contribution in [0.3, 0.4) is 0 Å². The van der Waals surface area contributed by atoms with Crippen molar-refractivity contribution in [3.05, 3.63) is 11.6 Å².